The molecule has 2 N–H and O–H groups in total. The minimum Gasteiger partial charge on any atom is -0.379 e. The van der Waals surface area contributed by atoms with E-state index in [1.807, 2.05) is 0 Å². The second-order valence-corrected chi connectivity index (χ2v) is 5.12. The Morgan fingerprint density at radius 2 is 2.00 bits per heavy atom. The lowest BCUT2D eigenvalue weighted by Crippen LogP contribution is -2.46. The minimum atomic E-state index is 0.275. The largest absolute Gasteiger partial charge is 0.379 e. The number of hydrogen-bond donors (Lipinski definition) is 1. The van der Waals surface area contributed by atoms with Crippen LogP contribution in [0.5, 0.6) is 0 Å². The first-order valence-electron chi connectivity index (χ1n) is 6.57. The Balaban J connectivity index is 1.86. The van der Waals surface area contributed by atoms with Crippen molar-refractivity contribution >= 4 is 5.96 Å². The molecule has 1 unspecified atom stereocenters. The van der Waals surface area contributed by atoms with Crippen LogP contribution >= 0.6 is 0 Å². The molecule has 0 radical (unpaired) electrons. The van der Waals surface area contributed by atoms with Gasteiger partial charge in [-0.2, -0.15) is 0 Å². The first-order valence-corrected chi connectivity index (χ1v) is 6.57. The molecular formula is C12H24N4O. The van der Waals surface area contributed by atoms with E-state index in [-0.39, 0.29) is 6.04 Å². The molecule has 0 aromatic heterocycles. The van der Waals surface area contributed by atoms with Gasteiger partial charge in [-0.1, -0.05) is 0 Å². The molecule has 1 atom stereocenters. The fraction of sp³-hybridized carbons (Fsp3) is 0.917. The van der Waals surface area contributed by atoms with Crippen molar-refractivity contribution in [3.05, 3.63) is 0 Å². The van der Waals surface area contributed by atoms with Crippen LogP contribution in [0.25, 0.3) is 0 Å². The zero-order valence-corrected chi connectivity index (χ0v) is 10.9. The van der Waals surface area contributed by atoms with E-state index in [0.29, 0.717) is 12.0 Å². The lowest BCUT2D eigenvalue weighted by molar-refractivity contribution is 0.0195. The molecule has 0 aliphatic carbocycles. The number of rotatable bonds is 2. The van der Waals surface area contributed by atoms with Crippen LogP contribution in [0.3, 0.4) is 0 Å². The monoisotopic (exact) mass is 240 g/mol. The maximum Gasteiger partial charge on any atom is 0.191 e. The number of aliphatic imine (C=N–C) groups is 1. The zero-order chi connectivity index (χ0) is 12.3. The molecule has 2 fully saturated rings. The minimum absolute atomic E-state index is 0.275. The van der Waals surface area contributed by atoms with Crippen molar-refractivity contribution in [2.45, 2.75) is 32.4 Å². The van der Waals surface area contributed by atoms with Crippen molar-refractivity contribution in [1.29, 1.82) is 0 Å². The molecular weight excluding hydrogens is 216 g/mol. The Labute approximate surface area is 104 Å². The Hall–Kier alpha value is -0.810. The third-order valence-corrected chi connectivity index (χ3v) is 3.44. The molecule has 0 amide bonds. The van der Waals surface area contributed by atoms with Crippen molar-refractivity contribution in [2.75, 3.05) is 39.4 Å². The standard InChI is InChI=1S/C12H24N4O/c1-10(2)14-12(13)16-4-3-11(9-16)15-5-7-17-8-6-15/h10-11H,3-9H2,1-2H3,(H2,13,14). The summed E-state index contributed by atoms with van der Waals surface area (Å²) in [4.78, 5) is 9.14. The van der Waals surface area contributed by atoms with Crippen LogP contribution < -0.4 is 5.73 Å². The van der Waals surface area contributed by atoms with Gasteiger partial charge in [0.15, 0.2) is 5.96 Å². The average Bonchev–Trinajstić information content (AvgIpc) is 2.78. The molecule has 0 aromatic carbocycles. The number of morpholine rings is 1. The molecule has 2 saturated heterocycles. The summed E-state index contributed by atoms with van der Waals surface area (Å²) >= 11 is 0. The van der Waals surface area contributed by atoms with E-state index < -0.39 is 0 Å². The number of nitrogens with zero attached hydrogens (tertiary/aromatic N) is 3. The predicted molar refractivity (Wildman–Crippen MR) is 69.1 cm³/mol. The summed E-state index contributed by atoms with van der Waals surface area (Å²) in [6, 6.07) is 0.900. The molecule has 0 saturated carbocycles. The molecule has 0 bridgehead atoms. The predicted octanol–water partition coefficient (Wildman–Crippen LogP) is 0.116. The SMILES string of the molecule is CC(C)N=C(N)N1CCC(N2CCOCC2)C1. The van der Waals surface area contributed by atoms with E-state index in [1.54, 1.807) is 0 Å². The van der Waals surface area contributed by atoms with E-state index >= 15 is 0 Å². The number of nitrogens with two attached hydrogens (primary N) is 1. The third kappa shape index (κ3) is 3.33. The molecule has 98 valence electrons. The van der Waals surface area contributed by atoms with Crippen molar-refractivity contribution in [1.82, 2.24) is 9.80 Å². The van der Waals surface area contributed by atoms with Crippen LogP contribution in [0, 0.1) is 0 Å². The van der Waals surface area contributed by atoms with Gasteiger partial charge >= 0.3 is 0 Å². The number of guanidine groups is 1. The quantitative estimate of drug-likeness (QED) is 0.550. The van der Waals surface area contributed by atoms with Gasteiger partial charge in [-0.25, -0.2) is 0 Å². The van der Waals surface area contributed by atoms with E-state index in [4.69, 9.17) is 10.5 Å². The molecule has 5 heteroatoms. The first-order chi connectivity index (χ1) is 8.16. The number of hydrogen-bond acceptors (Lipinski definition) is 3. The first kappa shape index (κ1) is 12.6. The van der Waals surface area contributed by atoms with Crippen LogP contribution in [0.2, 0.25) is 0 Å². The zero-order valence-electron chi connectivity index (χ0n) is 10.9. The van der Waals surface area contributed by atoms with E-state index in [2.05, 4.69) is 28.6 Å². The van der Waals surface area contributed by atoms with Crippen LogP contribution in [0.15, 0.2) is 4.99 Å². The number of ether oxygens (including phenoxy) is 1. The third-order valence-electron chi connectivity index (χ3n) is 3.44. The smallest absolute Gasteiger partial charge is 0.191 e. The van der Waals surface area contributed by atoms with Crippen molar-refractivity contribution < 1.29 is 4.74 Å². The highest BCUT2D eigenvalue weighted by atomic mass is 16.5. The summed E-state index contributed by atoms with van der Waals surface area (Å²) in [5.41, 5.74) is 6.00. The maximum atomic E-state index is 6.00. The van der Waals surface area contributed by atoms with Gasteiger partial charge in [0.25, 0.3) is 0 Å². The fourth-order valence-corrected chi connectivity index (χ4v) is 2.54. The molecule has 0 spiro atoms. The van der Waals surface area contributed by atoms with Gasteiger partial charge in [-0.05, 0) is 20.3 Å². The van der Waals surface area contributed by atoms with Gasteiger partial charge < -0.3 is 15.4 Å². The fourth-order valence-electron chi connectivity index (χ4n) is 2.54. The second-order valence-electron chi connectivity index (χ2n) is 5.12. The van der Waals surface area contributed by atoms with Crippen LogP contribution in [0.1, 0.15) is 20.3 Å². The van der Waals surface area contributed by atoms with Crippen LogP contribution in [-0.4, -0.2) is 67.2 Å². The highest BCUT2D eigenvalue weighted by Gasteiger charge is 2.29. The molecule has 2 aliphatic heterocycles. The topological polar surface area (TPSA) is 54.1 Å². The summed E-state index contributed by atoms with van der Waals surface area (Å²) in [6.07, 6.45) is 1.19. The summed E-state index contributed by atoms with van der Waals surface area (Å²) in [5, 5.41) is 0. The van der Waals surface area contributed by atoms with Crippen molar-refractivity contribution in [3.8, 4) is 0 Å². The van der Waals surface area contributed by atoms with Gasteiger partial charge in [0.1, 0.15) is 0 Å². The summed E-state index contributed by atoms with van der Waals surface area (Å²) in [7, 11) is 0. The molecule has 2 rings (SSSR count). The number of likely N-dealkylation sites (tertiary alicyclic amines) is 1. The van der Waals surface area contributed by atoms with E-state index in [0.717, 1.165) is 39.4 Å². The van der Waals surface area contributed by atoms with E-state index in [1.165, 1.54) is 6.42 Å². The molecule has 2 aliphatic rings. The lowest BCUT2D eigenvalue weighted by atomic mass is 10.2. The molecule has 5 nitrogen and oxygen atoms in total. The summed E-state index contributed by atoms with van der Waals surface area (Å²) in [5.74, 6) is 0.704. The van der Waals surface area contributed by atoms with Crippen molar-refractivity contribution in [2.24, 2.45) is 10.7 Å². The molecule has 0 aromatic rings. The molecule has 17 heavy (non-hydrogen) atoms. The average molecular weight is 240 g/mol. The van der Waals surface area contributed by atoms with Crippen LogP contribution in [0.4, 0.5) is 0 Å². The Morgan fingerprint density at radius 3 is 2.65 bits per heavy atom. The Bertz CT molecular complexity index is 274. The Kier molecular flexibility index (Phi) is 4.23. The highest BCUT2D eigenvalue weighted by molar-refractivity contribution is 5.78. The highest BCUT2D eigenvalue weighted by Crippen LogP contribution is 2.16. The van der Waals surface area contributed by atoms with Gasteiger partial charge in [-0.3, -0.25) is 9.89 Å². The van der Waals surface area contributed by atoms with Crippen LogP contribution in [-0.2, 0) is 4.74 Å². The summed E-state index contributed by atoms with van der Waals surface area (Å²) in [6.45, 7) is 10.0. The van der Waals surface area contributed by atoms with Gasteiger partial charge in [0, 0.05) is 38.3 Å². The Morgan fingerprint density at radius 1 is 1.29 bits per heavy atom. The second kappa shape index (κ2) is 5.69. The normalized spacial score (nSPS) is 28.1. The van der Waals surface area contributed by atoms with Gasteiger partial charge in [-0.15, -0.1) is 0 Å². The van der Waals surface area contributed by atoms with E-state index in [9.17, 15) is 0 Å². The summed E-state index contributed by atoms with van der Waals surface area (Å²) < 4.78 is 5.38. The van der Waals surface area contributed by atoms with Gasteiger partial charge in [0.2, 0.25) is 0 Å². The lowest BCUT2D eigenvalue weighted by Gasteiger charge is -2.32. The van der Waals surface area contributed by atoms with Crippen molar-refractivity contribution in [3.63, 3.8) is 0 Å². The molecule has 2 heterocycles. The maximum absolute atomic E-state index is 6.00. The van der Waals surface area contributed by atoms with Gasteiger partial charge in [0.05, 0.1) is 13.2 Å².